The first-order valence-electron chi connectivity index (χ1n) is 9.03. The predicted molar refractivity (Wildman–Crippen MR) is 91.4 cm³/mol. The van der Waals surface area contributed by atoms with E-state index in [0.29, 0.717) is 6.04 Å². The van der Waals surface area contributed by atoms with Crippen LogP contribution in [0.15, 0.2) is 0 Å². The molecule has 3 atom stereocenters. The van der Waals surface area contributed by atoms with Gasteiger partial charge in [0.1, 0.15) is 0 Å². The highest BCUT2D eigenvalue weighted by Gasteiger charge is 2.38. The van der Waals surface area contributed by atoms with Gasteiger partial charge in [-0.15, -0.1) is 0 Å². The number of nitrogens with zero attached hydrogens (tertiary/aromatic N) is 3. The van der Waals surface area contributed by atoms with E-state index in [0.717, 1.165) is 24.6 Å². The van der Waals surface area contributed by atoms with Gasteiger partial charge in [0.25, 0.3) is 0 Å². The Labute approximate surface area is 139 Å². The van der Waals surface area contributed by atoms with E-state index >= 15 is 0 Å². The quantitative estimate of drug-likeness (QED) is 0.931. The zero-order chi connectivity index (χ0) is 16.6. The molecule has 0 bridgehead atoms. The van der Waals surface area contributed by atoms with Crippen molar-refractivity contribution < 1.29 is 4.79 Å². The summed E-state index contributed by atoms with van der Waals surface area (Å²) in [7, 11) is 1.97. The van der Waals surface area contributed by atoms with Gasteiger partial charge in [0.05, 0.1) is 5.69 Å². The lowest BCUT2D eigenvalue weighted by atomic mass is 9.85. The molecular weight excluding hydrogens is 288 g/mol. The van der Waals surface area contributed by atoms with E-state index in [9.17, 15) is 4.79 Å². The second kappa shape index (κ2) is 6.54. The summed E-state index contributed by atoms with van der Waals surface area (Å²) in [6.07, 6.45) is 7.14. The Morgan fingerprint density at radius 1 is 1.30 bits per heavy atom. The highest BCUT2D eigenvalue weighted by Crippen LogP contribution is 2.36. The Bertz CT molecular complexity index is 580. The molecule has 0 radical (unpaired) electrons. The molecule has 23 heavy (non-hydrogen) atoms. The molecule has 1 N–H and O–H groups in total. The van der Waals surface area contributed by atoms with E-state index in [1.807, 2.05) is 18.7 Å². The Hall–Kier alpha value is -1.52. The van der Waals surface area contributed by atoms with Crippen molar-refractivity contribution in [3.05, 3.63) is 17.0 Å². The van der Waals surface area contributed by atoms with Crippen LogP contribution in [0.4, 0.5) is 4.79 Å². The summed E-state index contributed by atoms with van der Waals surface area (Å²) < 4.78 is 1.92. The largest absolute Gasteiger partial charge is 0.335 e. The average molecular weight is 318 g/mol. The number of carbonyl (C=O) groups excluding carboxylic acids is 1. The van der Waals surface area contributed by atoms with Gasteiger partial charge in [-0.05, 0) is 57.9 Å². The van der Waals surface area contributed by atoms with Crippen molar-refractivity contribution in [2.75, 3.05) is 6.54 Å². The molecule has 1 saturated heterocycles. The van der Waals surface area contributed by atoms with Gasteiger partial charge in [-0.2, -0.15) is 5.10 Å². The Morgan fingerprint density at radius 2 is 2.04 bits per heavy atom. The first-order valence-corrected chi connectivity index (χ1v) is 9.03. The van der Waals surface area contributed by atoms with Crippen molar-refractivity contribution in [1.82, 2.24) is 20.0 Å². The Kier molecular flexibility index (Phi) is 4.64. The molecule has 1 aliphatic heterocycles. The lowest BCUT2D eigenvalue weighted by Gasteiger charge is -2.32. The second-order valence-electron chi connectivity index (χ2n) is 7.42. The number of likely N-dealkylation sites (tertiary alicyclic amines) is 1. The first kappa shape index (κ1) is 16.3. The minimum atomic E-state index is 0.131. The van der Waals surface area contributed by atoms with E-state index < -0.39 is 0 Å². The van der Waals surface area contributed by atoms with Gasteiger partial charge in [-0.25, -0.2) is 4.79 Å². The van der Waals surface area contributed by atoms with E-state index in [-0.39, 0.29) is 12.1 Å². The molecule has 2 amide bonds. The molecule has 1 saturated carbocycles. The molecule has 1 aliphatic carbocycles. The fourth-order valence-electron chi connectivity index (χ4n) is 4.42. The molecule has 2 heterocycles. The normalized spacial score (nSPS) is 25.3. The van der Waals surface area contributed by atoms with Crippen LogP contribution < -0.4 is 5.32 Å². The molecule has 128 valence electrons. The fourth-order valence-corrected chi connectivity index (χ4v) is 4.42. The molecule has 1 aromatic rings. The van der Waals surface area contributed by atoms with E-state index in [4.69, 9.17) is 0 Å². The smallest absolute Gasteiger partial charge is 0.317 e. The molecule has 3 rings (SSSR count). The van der Waals surface area contributed by atoms with Crippen molar-refractivity contribution in [2.45, 2.75) is 71.4 Å². The number of urea groups is 1. The van der Waals surface area contributed by atoms with Crippen LogP contribution >= 0.6 is 0 Å². The third kappa shape index (κ3) is 3.24. The van der Waals surface area contributed by atoms with Gasteiger partial charge in [-0.3, -0.25) is 4.68 Å². The maximum atomic E-state index is 12.7. The fraction of sp³-hybridized carbons (Fsp3) is 0.778. The van der Waals surface area contributed by atoms with Gasteiger partial charge in [0.15, 0.2) is 0 Å². The average Bonchev–Trinajstić information content (AvgIpc) is 3.04. The minimum Gasteiger partial charge on any atom is -0.335 e. The number of carbonyl (C=O) groups is 1. The maximum absolute atomic E-state index is 12.7. The molecule has 0 spiro atoms. The Morgan fingerprint density at radius 3 is 2.74 bits per heavy atom. The van der Waals surface area contributed by atoms with Gasteiger partial charge in [0.2, 0.25) is 0 Å². The van der Waals surface area contributed by atoms with Crippen LogP contribution in [0.3, 0.4) is 0 Å². The van der Waals surface area contributed by atoms with Crippen LogP contribution in [0, 0.1) is 19.8 Å². The van der Waals surface area contributed by atoms with Crippen molar-refractivity contribution in [2.24, 2.45) is 13.0 Å². The van der Waals surface area contributed by atoms with E-state index in [1.54, 1.807) is 0 Å². The van der Waals surface area contributed by atoms with Gasteiger partial charge in [-0.1, -0.05) is 12.8 Å². The highest BCUT2D eigenvalue weighted by atomic mass is 16.2. The zero-order valence-corrected chi connectivity index (χ0v) is 14.9. The summed E-state index contributed by atoms with van der Waals surface area (Å²) in [6.45, 7) is 7.16. The lowest BCUT2D eigenvalue weighted by Crippen LogP contribution is -2.48. The summed E-state index contributed by atoms with van der Waals surface area (Å²) in [6, 6.07) is 0.746. The topological polar surface area (TPSA) is 50.2 Å². The summed E-state index contributed by atoms with van der Waals surface area (Å²) in [5, 5.41) is 7.68. The molecule has 0 aromatic carbocycles. The van der Waals surface area contributed by atoms with Crippen molar-refractivity contribution >= 4 is 6.03 Å². The Balaban J connectivity index is 1.59. The van der Waals surface area contributed by atoms with Crippen LogP contribution in [0.2, 0.25) is 0 Å². The zero-order valence-electron chi connectivity index (χ0n) is 14.9. The maximum Gasteiger partial charge on any atom is 0.317 e. The predicted octanol–water partition coefficient (Wildman–Crippen LogP) is 2.94. The summed E-state index contributed by atoms with van der Waals surface area (Å²) in [5.74, 6) is 0.743. The van der Waals surface area contributed by atoms with Gasteiger partial charge >= 0.3 is 6.03 Å². The molecular formula is C18H30N4O. The molecule has 2 fully saturated rings. The number of aromatic nitrogens is 2. The highest BCUT2D eigenvalue weighted by molar-refractivity contribution is 5.75. The van der Waals surface area contributed by atoms with Crippen molar-refractivity contribution in [3.8, 4) is 0 Å². The van der Waals surface area contributed by atoms with Crippen LogP contribution in [0.25, 0.3) is 0 Å². The summed E-state index contributed by atoms with van der Waals surface area (Å²) in [4.78, 5) is 14.8. The van der Waals surface area contributed by atoms with Crippen LogP contribution in [0.5, 0.6) is 0 Å². The van der Waals surface area contributed by atoms with Crippen molar-refractivity contribution in [1.29, 1.82) is 0 Å². The van der Waals surface area contributed by atoms with Gasteiger partial charge in [0, 0.05) is 31.4 Å². The SMILES string of the molecule is Cc1nn(C)c(C)c1C[C@H](C)NC(=O)N1CC[C@H]2CCCC[C@H]21. The molecule has 2 aliphatic rings. The van der Waals surface area contributed by atoms with E-state index in [2.05, 4.69) is 29.2 Å². The molecule has 0 unspecified atom stereocenters. The molecule has 5 heteroatoms. The van der Waals surface area contributed by atoms with Crippen LogP contribution in [0.1, 0.15) is 56.0 Å². The number of amides is 2. The van der Waals surface area contributed by atoms with Crippen molar-refractivity contribution in [3.63, 3.8) is 0 Å². The molecule has 5 nitrogen and oxygen atoms in total. The van der Waals surface area contributed by atoms with Gasteiger partial charge < -0.3 is 10.2 Å². The monoisotopic (exact) mass is 318 g/mol. The lowest BCUT2D eigenvalue weighted by molar-refractivity contribution is 0.167. The number of hydrogen-bond donors (Lipinski definition) is 1. The number of nitrogens with one attached hydrogen (secondary N) is 1. The summed E-state index contributed by atoms with van der Waals surface area (Å²) >= 11 is 0. The first-order chi connectivity index (χ1) is 11.0. The van der Waals surface area contributed by atoms with Crippen LogP contribution in [-0.2, 0) is 13.5 Å². The third-order valence-electron chi connectivity index (χ3n) is 5.81. The number of fused-ring (bicyclic) bond motifs is 1. The molecule has 1 aromatic heterocycles. The number of aryl methyl sites for hydroxylation is 2. The standard InChI is InChI=1S/C18H30N4O/c1-12(11-16-13(2)20-21(4)14(16)3)19-18(23)22-10-9-15-7-5-6-8-17(15)22/h12,15,17H,5-11H2,1-4H3,(H,19,23)/t12-,15+,17+/m0/s1. The summed E-state index contributed by atoms with van der Waals surface area (Å²) in [5.41, 5.74) is 3.52. The number of hydrogen-bond acceptors (Lipinski definition) is 2. The van der Waals surface area contributed by atoms with E-state index in [1.165, 1.54) is 43.4 Å². The minimum absolute atomic E-state index is 0.131. The third-order valence-corrected chi connectivity index (χ3v) is 5.81. The van der Waals surface area contributed by atoms with Crippen LogP contribution in [-0.4, -0.2) is 39.3 Å². The number of rotatable bonds is 3. The second-order valence-corrected chi connectivity index (χ2v) is 7.42.